The number of benzene rings is 2. The van der Waals surface area contributed by atoms with Crippen molar-refractivity contribution in [2.45, 2.75) is 6.54 Å². The Morgan fingerprint density at radius 3 is 2.39 bits per heavy atom. The third-order valence-electron chi connectivity index (χ3n) is 4.47. The maximum atomic E-state index is 8.70. The van der Waals surface area contributed by atoms with Crippen LogP contribution in [0.5, 0.6) is 0 Å². The summed E-state index contributed by atoms with van der Waals surface area (Å²) >= 11 is 0. The Labute approximate surface area is 138 Å². The van der Waals surface area contributed by atoms with Crippen LogP contribution in [0.25, 0.3) is 10.8 Å². The molecule has 124 valence electrons. The van der Waals surface area contributed by atoms with Gasteiger partial charge in [0.05, 0.1) is 19.8 Å². The third kappa shape index (κ3) is 4.75. The number of hydrogen-bond acceptors (Lipinski definition) is 4. The zero-order valence-electron chi connectivity index (χ0n) is 13.7. The van der Waals surface area contributed by atoms with Gasteiger partial charge in [-0.25, -0.2) is 0 Å². The Morgan fingerprint density at radius 1 is 0.870 bits per heavy atom. The molecule has 1 N–H and O–H groups in total. The van der Waals surface area contributed by atoms with E-state index in [1.54, 1.807) is 0 Å². The van der Waals surface area contributed by atoms with Crippen LogP contribution in [0.1, 0.15) is 5.56 Å². The minimum absolute atomic E-state index is 0.111. The molecule has 0 amide bonds. The van der Waals surface area contributed by atoms with Crippen LogP contribution in [-0.2, 0) is 11.3 Å². The monoisotopic (exact) mass is 314 g/mol. The van der Waals surface area contributed by atoms with E-state index in [4.69, 9.17) is 9.84 Å². The van der Waals surface area contributed by atoms with Gasteiger partial charge in [-0.3, -0.25) is 9.80 Å². The summed E-state index contributed by atoms with van der Waals surface area (Å²) < 4.78 is 5.34. The van der Waals surface area contributed by atoms with Crippen molar-refractivity contribution in [3.05, 3.63) is 48.0 Å². The van der Waals surface area contributed by atoms with Crippen LogP contribution in [-0.4, -0.2) is 67.5 Å². The lowest BCUT2D eigenvalue weighted by Crippen LogP contribution is -2.46. The van der Waals surface area contributed by atoms with Crippen molar-refractivity contribution >= 4 is 10.8 Å². The Hall–Kier alpha value is -1.46. The van der Waals surface area contributed by atoms with Crippen LogP contribution in [0.15, 0.2) is 42.5 Å². The van der Waals surface area contributed by atoms with E-state index in [9.17, 15) is 0 Å². The van der Waals surface area contributed by atoms with Gasteiger partial charge >= 0.3 is 0 Å². The predicted octanol–water partition coefficient (Wildman–Crippen LogP) is 1.97. The first-order valence-corrected chi connectivity index (χ1v) is 8.46. The van der Waals surface area contributed by atoms with Crippen LogP contribution in [0, 0.1) is 0 Å². The molecule has 0 spiro atoms. The normalized spacial score (nSPS) is 16.9. The minimum atomic E-state index is 0.111. The van der Waals surface area contributed by atoms with Crippen LogP contribution < -0.4 is 0 Å². The van der Waals surface area contributed by atoms with E-state index in [1.165, 1.54) is 16.3 Å². The first kappa shape index (κ1) is 16.4. The molecule has 3 rings (SSSR count). The number of aliphatic hydroxyl groups is 1. The van der Waals surface area contributed by atoms with Gasteiger partial charge in [0, 0.05) is 39.3 Å². The van der Waals surface area contributed by atoms with Crippen molar-refractivity contribution in [2.24, 2.45) is 0 Å². The van der Waals surface area contributed by atoms with Gasteiger partial charge in [-0.2, -0.15) is 0 Å². The second-order valence-electron chi connectivity index (χ2n) is 6.14. The molecule has 1 aliphatic rings. The number of ether oxygens (including phenoxy) is 1. The SMILES string of the molecule is OCCOCCN1CCN(Cc2ccc3ccccc3c2)CC1. The first-order chi connectivity index (χ1) is 11.3. The Kier molecular flexibility index (Phi) is 6.00. The van der Waals surface area contributed by atoms with E-state index in [0.717, 1.165) is 39.3 Å². The van der Waals surface area contributed by atoms with E-state index in [2.05, 4.69) is 52.3 Å². The zero-order valence-corrected chi connectivity index (χ0v) is 13.7. The number of nitrogens with zero attached hydrogens (tertiary/aromatic N) is 2. The fourth-order valence-electron chi connectivity index (χ4n) is 3.13. The van der Waals surface area contributed by atoms with Crippen molar-refractivity contribution in [1.82, 2.24) is 9.80 Å². The highest BCUT2D eigenvalue weighted by atomic mass is 16.5. The number of piperazine rings is 1. The predicted molar refractivity (Wildman–Crippen MR) is 93.6 cm³/mol. The smallest absolute Gasteiger partial charge is 0.0698 e. The van der Waals surface area contributed by atoms with Gasteiger partial charge in [0.15, 0.2) is 0 Å². The van der Waals surface area contributed by atoms with Gasteiger partial charge in [-0.05, 0) is 22.4 Å². The minimum Gasteiger partial charge on any atom is -0.394 e. The number of hydrogen-bond donors (Lipinski definition) is 1. The quantitative estimate of drug-likeness (QED) is 0.793. The van der Waals surface area contributed by atoms with Crippen molar-refractivity contribution in [3.8, 4) is 0 Å². The van der Waals surface area contributed by atoms with E-state index in [1.807, 2.05) is 0 Å². The molecular weight excluding hydrogens is 288 g/mol. The average molecular weight is 314 g/mol. The highest BCUT2D eigenvalue weighted by Crippen LogP contribution is 2.17. The van der Waals surface area contributed by atoms with Gasteiger partial charge in [-0.15, -0.1) is 0 Å². The topological polar surface area (TPSA) is 35.9 Å². The maximum absolute atomic E-state index is 8.70. The number of fused-ring (bicyclic) bond motifs is 1. The van der Waals surface area contributed by atoms with E-state index in [-0.39, 0.29) is 6.61 Å². The lowest BCUT2D eigenvalue weighted by molar-refractivity contribution is 0.0564. The Balaban J connectivity index is 1.46. The molecule has 1 aliphatic heterocycles. The van der Waals surface area contributed by atoms with E-state index < -0.39 is 0 Å². The second kappa shape index (κ2) is 8.41. The van der Waals surface area contributed by atoms with Crippen LogP contribution in [0.2, 0.25) is 0 Å². The first-order valence-electron chi connectivity index (χ1n) is 8.46. The fourth-order valence-corrected chi connectivity index (χ4v) is 3.13. The summed E-state index contributed by atoms with van der Waals surface area (Å²) in [6, 6.07) is 15.3. The number of aliphatic hydroxyl groups excluding tert-OH is 1. The molecule has 1 heterocycles. The van der Waals surface area contributed by atoms with Crippen LogP contribution in [0.4, 0.5) is 0 Å². The highest BCUT2D eigenvalue weighted by molar-refractivity contribution is 5.82. The Bertz CT molecular complexity index is 609. The second-order valence-corrected chi connectivity index (χ2v) is 6.14. The molecule has 2 aromatic rings. The fraction of sp³-hybridized carbons (Fsp3) is 0.474. The molecular formula is C19H26N2O2. The summed E-state index contributed by atoms with van der Waals surface area (Å²) in [7, 11) is 0. The molecule has 1 saturated heterocycles. The summed E-state index contributed by atoms with van der Waals surface area (Å²) in [5, 5.41) is 11.3. The van der Waals surface area contributed by atoms with Gasteiger partial charge in [-0.1, -0.05) is 36.4 Å². The van der Waals surface area contributed by atoms with Crippen molar-refractivity contribution in [1.29, 1.82) is 0 Å². The van der Waals surface area contributed by atoms with Crippen molar-refractivity contribution < 1.29 is 9.84 Å². The summed E-state index contributed by atoms with van der Waals surface area (Å²) in [5.74, 6) is 0. The lowest BCUT2D eigenvalue weighted by atomic mass is 10.1. The molecule has 0 saturated carbocycles. The highest BCUT2D eigenvalue weighted by Gasteiger charge is 2.16. The Morgan fingerprint density at radius 2 is 1.61 bits per heavy atom. The molecule has 0 aromatic heterocycles. The average Bonchev–Trinajstić information content (AvgIpc) is 2.60. The van der Waals surface area contributed by atoms with Gasteiger partial charge in [0.25, 0.3) is 0 Å². The number of rotatable bonds is 7. The van der Waals surface area contributed by atoms with Crippen molar-refractivity contribution in [2.75, 3.05) is 52.5 Å². The third-order valence-corrected chi connectivity index (χ3v) is 4.47. The molecule has 4 heteroatoms. The molecule has 0 bridgehead atoms. The summed E-state index contributed by atoms with van der Waals surface area (Å²) in [5.41, 5.74) is 1.39. The summed E-state index contributed by atoms with van der Waals surface area (Å²) in [4.78, 5) is 4.96. The maximum Gasteiger partial charge on any atom is 0.0698 e. The molecule has 0 unspecified atom stereocenters. The molecule has 0 radical (unpaired) electrons. The summed E-state index contributed by atoms with van der Waals surface area (Å²) in [6.45, 7) is 7.65. The summed E-state index contributed by atoms with van der Waals surface area (Å²) in [6.07, 6.45) is 0. The largest absolute Gasteiger partial charge is 0.394 e. The molecule has 0 aliphatic carbocycles. The van der Waals surface area contributed by atoms with Crippen LogP contribution in [0.3, 0.4) is 0 Å². The van der Waals surface area contributed by atoms with E-state index in [0.29, 0.717) is 13.2 Å². The van der Waals surface area contributed by atoms with Gasteiger partial charge in [0.1, 0.15) is 0 Å². The molecule has 0 atom stereocenters. The lowest BCUT2D eigenvalue weighted by Gasteiger charge is -2.34. The van der Waals surface area contributed by atoms with E-state index >= 15 is 0 Å². The van der Waals surface area contributed by atoms with Crippen molar-refractivity contribution in [3.63, 3.8) is 0 Å². The van der Waals surface area contributed by atoms with Crippen LogP contribution >= 0.6 is 0 Å². The van der Waals surface area contributed by atoms with Gasteiger partial charge in [0.2, 0.25) is 0 Å². The molecule has 4 nitrogen and oxygen atoms in total. The molecule has 1 fully saturated rings. The molecule has 2 aromatic carbocycles. The standard InChI is InChI=1S/C19H26N2O2/c22-12-14-23-13-11-20-7-9-21(10-8-20)16-17-5-6-18-3-1-2-4-19(18)15-17/h1-6,15,22H,7-14,16H2. The zero-order chi connectivity index (χ0) is 15.9. The van der Waals surface area contributed by atoms with Gasteiger partial charge < -0.3 is 9.84 Å². The molecule has 23 heavy (non-hydrogen) atoms.